The number of imidazole rings is 1. The Morgan fingerprint density at radius 2 is 1.62 bits per heavy atom. The molecular formula is C19H31BrClN5O4P2. The summed E-state index contributed by atoms with van der Waals surface area (Å²) >= 11 is 9.36. The summed E-state index contributed by atoms with van der Waals surface area (Å²) in [5.74, 6) is -0.0169. The zero-order valence-electron chi connectivity index (χ0n) is 18.8. The number of hydrogen-bond donors (Lipinski definition) is 1. The third-order valence-corrected chi connectivity index (χ3v) is 10.1. The maximum Gasteiger partial charge on any atom is 0.223 e. The first kappa shape index (κ1) is 26.1. The van der Waals surface area contributed by atoms with Gasteiger partial charge >= 0.3 is 0 Å². The van der Waals surface area contributed by atoms with Crippen molar-refractivity contribution in [1.29, 1.82) is 0 Å². The molecule has 4 atom stereocenters. The maximum atomic E-state index is 12.1. The quantitative estimate of drug-likeness (QED) is 0.312. The highest BCUT2D eigenvalue weighted by atomic mass is 79.9. The second-order valence-corrected chi connectivity index (χ2v) is 16.9. The average molecular weight is 571 g/mol. The molecule has 0 spiro atoms. The molecule has 2 aliphatic heterocycles. The normalized spacial score (nSPS) is 26.3. The minimum absolute atomic E-state index is 0.00408. The predicted octanol–water partition coefficient (Wildman–Crippen LogP) is 4.70. The van der Waals surface area contributed by atoms with Crippen molar-refractivity contribution in [2.24, 2.45) is 0 Å². The summed E-state index contributed by atoms with van der Waals surface area (Å²) in [6.45, 7) is 7.71. The van der Waals surface area contributed by atoms with Crippen LogP contribution >= 0.6 is 41.8 Å². The lowest BCUT2D eigenvalue weighted by Crippen LogP contribution is -2.17. The number of alkyl halides is 1. The Hall–Kier alpha value is -0.500. The number of anilines is 1. The molecule has 0 radical (unpaired) electrons. The summed E-state index contributed by atoms with van der Waals surface area (Å²) in [6.07, 6.45) is 5.62. The molecule has 32 heavy (non-hydrogen) atoms. The van der Waals surface area contributed by atoms with Gasteiger partial charge in [-0.05, 0) is 52.3 Å². The molecule has 0 unspecified atom stereocenters. The molecule has 2 aromatic heterocycles. The molecule has 0 bridgehead atoms. The van der Waals surface area contributed by atoms with E-state index in [1.54, 1.807) is 33.0 Å². The van der Waals surface area contributed by atoms with Gasteiger partial charge in [0.2, 0.25) is 5.95 Å². The molecule has 9 nitrogen and oxygen atoms in total. The molecule has 13 heteroatoms. The lowest BCUT2D eigenvalue weighted by molar-refractivity contribution is 0.0749. The maximum absolute atomic E-state index is 12.1. The smallest absolute Gasteiger partial charge is 0.223 e. The molecule has 2 fully saturated rings. The Bertz CT molecular complexity index is 1040. The fourth-order valence-electron chi connectivity index (χ4n) is 3.81. The van der Waals surface area contributed by atoms with Gasteiger partial charge < -0.3 is 28.9 Å². The van der Waals surface area contributed by atoms with Crippen molar-refractivity contribution in [1.82, 2.24) is 19.5 Å². The van der Waals surface area contributed by atoms with Crippen LogP contribution in [0.4, 0.5) is 5.95 Å². The van der Waals surface area contributed by atoms with E-state index >= 15 is 0 Å². The third-order valence-electron chi connectivity index (χ3n) is 5.57. The zero-order valence-corrected chi connectivity index (χ0v) is 22.9. The van der Waals surface area contributed by atoms with Crippen LogP contribution in [0, 0.1) is 0 Å². The fraction of sp³-hybridized carbons (Fsp3) is 0.737. The monoisotopic (exact) mass is 569 g/mol. The molecule has 2 aromatic rings. The Kier molecular flexibility index (Phi) is 8.49. The number of nitrogen functional groups attached to an aromatic ring is 1. The van der Waals surface area contributed by atoms with E-state index in [1.165, 1.54) is 0 Å². The standard InChI is InChI=1S/C12H17ClN5O2P.C7H14BrO2P/c1-21(2,19)8-4-3-7(20-8)5-18-6-15-9-10(13)16-12(14)17-11(9)18;1-11(2,9)7-4-3-6(5-8)10-7/h6-8H,3-5H2,1-2H3,(H2,14,16,17);6-7H,3-5H2,1-2H3/t7-,8+;6-,7+/m00/s1. The summed E-state index contributed by atoms with van der Waals surface area (Å²) < 4.78 is 36.9. The Labute approximate surface area is 202 Å². The third kappa shape index (κ3) is 6.55. The topological polar surface area (TPSA) is 122 Å². The van der Waals surface area contributed by atoms with E-state index in [0.717, 1.165) is 31.0 Å². The number of rotatable bonds is 5. The van der Waals surface area contributed by atoms with Gasteiger partial charge in [-0.25, -0.2) is 4.98 Å². The van der Waals surface area contributed by atoms with E-state index < -0.39 is 14.3 Å². The van der Waals surface area contributed by atoms with Crippen LogP contribution in [-0.2, 0) is 25.1 Å². The van der Waals surface area contributed by atoms with Crippen LogP contribution in [0.3, 0.4) is 0 Å². The van der Waals surface area contributed by atoms with Crippen molar-refractivity contribution < 1.29 is 18.6 Å². The molecule has 0 amide bonds. The van der Waals surface area contributed by atoms with Crippen LogP contribution in [0.2, 0.25) is 5.15 Å². The molecule has 2 saturated heterocycles. The summed E-state index contributed by atoms with van der Waals surface area (Å²) in [5, 5.41) is 1.11. The van der Waals surface area contributed by atoms with Gasteiger partial charge in [-0.3, -0.25) is 0 Å². The van der Waals surface area contributed by atoms with Gasteiger partial charge in [0.15, 0.2) is 10.8 Å². The highest BCUT2D eigenvalue weighted by molar-refractivity contribution is 9.09. The van der Waals surface area contributed by atoms with E-state index in [2.05, 4.69) is 30.9 Å². The molecule has 180 valence electrons. The summed E-state index contributed by atoms with van der Waals surface area (Å²) in [5.41, 5.74) is 6.74. The number of nitrogens with zero attached hydrogens (tertiary/aromatic N) is 4. The zero-order chi connectivity index (χ0) is 23.7. The van der Waals surface area contributed by atoms with Gasteiger partial charge in [0.05, 0.1) is 25.1 Å². The minimum Gasteiger partial charge on any atom is -0.368 e. The summed E-state index contributed by atoms with van der Waals surface area (Å²) in [7, 11) is -4.23. The van der Waals surface area contributed by atoms with Gasteiger partial charge in [-0.2, -0.15) is 9.97 Å². The van der Waals surface area contributed by atoms with Gasteiger partial charge in [-0.1, -0.05) is 27.5 Å². The number of ether oxygens (including phenoxy) is 2. The second kappa shape index (κ2) is 10.4. The molecule has 0 aromatic carbocycles. The number of fused-ring (bicyclic) bond motifs is 1. The van der Waals surface area contributed by atoms with Crippen LogP contribution < -0.4 is 5.73 Å². The van der Waals surface area contributed by atoms with E-state index in [-0.39, 0.29) is 35.0 Å². The van der Waals surface area contributed by atoms with Crippen LogP contribution in [0.15, 0.2) is 6.33 Å². The molecule has 2 aliphatic rings. The van der Waals surface area contributed by atoms with Crippen LogP contribution in [-0.4, -0.2) is 75.4 Å². The predicted molar refractivity (Wildman–Crippen MR) is 133 cm³/mol. The SMILES string of the molecule is CP(C)(=O)[C@@H]1CC[C@@H](CBr)O1.CP(C)(=O)[C@@H]1CC[C@@H](Cn2cnc3c(Cl)nc(N)nc32)O1. The van der Waals surface area contributed by atoms with Crippen LogP contribution in [0.25, 0.3) is 11.2 Å². The highest BCUT2D eigenvalue weighted by Gasteiger charge is 2.34. The molecule has 2 N–H and O–H groups in total. The molecule has 4 rings (SSSR count). The number of nitrogens with two attached hydrogens (primary N) is 1. The van der Waals surface area contributed by atoms with Crippen molar-refractivity contribution in [3.8, 4) is 0 Å². The van der Waals surface area contributed by atoms with Crippen molar-refractivity contribution in [3.63, 3.8) is 0 Å². The highest BCUT2D eigenvalue weighted by Crippen LogP contribution is 2.49. The number of hydrogen-bond acceptors (Lipinski definition) is 8. The number of halogens is 2. The molecule has 0 saturated carbocycles. The second-order valence-electron chi connectivity index (χ2n) is 9.04. The molecule has 0 aliphatic carbocycles. The van der Waals surface area contributed by atoms with Crippen LogP contribution in [0.1, 0.15) is 25.7 Å². The van der Waals surface area contributed by atoms with Gasteiger partial charge in [-0.15, -0.1) is 0 Å². The summed E-state index contributed by atoms with van der Waals surface area (Å²) in [6, 6.07) is 0. The van der Waals surface area contributed by atoms with E-state index in [1.807, 2.05) is 4.57 Å². The van der Waals surface area contributed by atoms with E-state index in [9.17, 15) is 9.13 Å². The lowest BCUT2D eigenvalue weighted by Gasteiger charge is -2.17. The van der Waals surface area contributed by atoms with Crippen molar-refractivity contribution in [2.45, 2.75) is 56.1 Å². The molecular weight excluding hydrogens is 540 g/mol. The Morgan fingerprint density at radius 1 is 1.06 bits per heavy atom. The van der Waals surface area contributed by atoms with Crippen molar-refractivity contribution >= 4 is 58.9 Å². The van der Waals surface area contributed by atoms with Crippen LogP contribution in [0.5, 0.6) is 0 Å². The number of aromatic nitrogens is 4. The van der Waals surface area contributed by atoms with Crippen molar-refractivity contribution in [2.75, 3.05) is 37.7 Å². The fourth-order valence-corrected chi connectivity index (χ4v) is 6.98. The van der Waals surface area contributed by atoms with E-state index in [0.29, 0.717) is 17.7 Å². The lowest BCUT2D eigenvalue weighted by atomic mass is 10.2. The first-order chi connectivity index (χ1) is 14.9. The first-order valence-electron chi connectivity index (χ1n) is 10.5. The summed E-state index contributed by atoms with van der Waals surface area (Å²) in [4.78, 5) is 12.3. The van der Waals surface area contributed by atoms with Crippen molar-refractivity contribution in [3.05, 3.63) is 11.5 Å². The first-order valence-corrected chi connectivity index (χ1v) is 17.3. The Morgan fingerprint density at radius 3 is 2.12 bits per heavy atom. The Balaban J connectivity index is 0.000000222. The van der Waals surface area contributed by atoms with E-state index in [4.69, 9.17) is 26.8 Å². The largest absolute Gasteiger partial charge is 0.368 e. The average Bonchev–Trinajstić information content (AvgIpc) is 3.41. The minimum atomic E-state index is -2.22. The van der Waals surface area contributed by atoms with Gasteiger partial charge in [0, 0.05) is 5.33 Å². The van der Waals surface area contributed by atoms with Gasteiger partial charge in [0.1, 0.15) is 31.5 Å². The van der Waals surface area contributed by atoms with Gasteiger partial charge in [0.25, 0.3) is 0 Å². The molecule has 4 heterocycles.